The molecule has 2 amide bonds. The molecule has 0 unspecified atom stereocenters. The Morgan fingerprint density at radius 1 is 1.08 bits per heavy atom. The third-order valence-electron chi connectivity index (χ3n) is 4.16. The van der Waals surface area contributed by atoms with Crippen LogP contribution in [-0.4, -0.2) is 19.2 Å². The van der Waals surface area contributed by atoms with Gasteiger partial charge in [0.25, 0.3) is 0 Å². The summed E-state index contributed by atoms with van der Waals surface area (Å²) in [6.07, 6.45) is 2.11. The Bertz CT molecular complexity index is 686. The Hall–Kier alpha value is -2.63. The quantitative estimate of drug-likeness (QED) is 0.835. The van der Waals surface area contributed by atoms with Crippen molar-refractivity contribution in [2.24, 2.45) is 0 Å². The summed E-state index contributed by atoms with van der Waals surface area (Å²) < 4.78 is 28.4. The van der Waals surface area contributed by atoms with Gasteiger partial charge in [-0.2, -0.15) is 8.78 Å². The van der Waals surface area contributed by atoms with Crippen molar-refractivity contribution in [2.75, 3.05) is 11.9 Å². The van der Waals surface area contributed by atoms with Crippen molar-refractivity contribution in [1.82, 2.24) is 5.32 Å². The first-order valence-electron chi connectivity index (χ1n) is 7.73. The Morgan fingerprint density at radius 3 is 2.33 bits per heavy atom. The van der Waals surface area contributed by atoms with Gasteiger partial charge in [-0.3, -0.25) is 0 Å². The van der Waals surface area contributed by atoms with E-state index in [-0.39, 0.29) is 17.2 Å². The molecule has 0 atom stereocenters. The van der Waals surface area contributed by atoms with E-state index >= 15 is 0 Å². The van der Waals surface area contributed by atoms with Gasteiger partial charge in [0.2, 0.25) is 0 Å². The van der Waals surface area contributed by atoms with Gasteiger partial charge in [-0.15, -0.1) is 0 Å². The minimum absolute atomic E-state index is 0.0353. The SMILES string of the molecule is O=C(NCC1(c2ccccc2)CC1)Nc1ccc(OC(F)F)cc1. The second-order valence-corrected chi connectivity index (χ2v) is 5.86. The molecule has 1 aliphatic carbocycles. The highest BCUT2D eigenvalue weighted by Gasteiger charge is 2.44. The Labute approximate surface area is 138 Å². The van der Waals surface area contributed by atoms with E-state index in [9.17, 15) is 13.6 Å². The van der Waals surface area contributed by atoms with Gasteiger partial charge in [-0.05, 0) is 42.7 Å². The van der Waals surface area contributed by atoms with Gasteiger partial charge in [0, 0.05) is 17.6 Å². The zero-order chi connectivity index (χ0) is 17.0. The van der Waals surface area contributed by atoms with Crippen molar-refractivity contribution in [3.05, 3.63) is 60.2 Å². The lowest BCUT2D eigenvalue weighted by Gasteiger charge is -2.17. The van der Waals surface area contributed by atoms with E-state index in [1.807, 2.05) is 18.2 Å². The minimum Gasteiger partial charge on any atom is -0.435 e. The number of alkyl halides is 2. The average Bonchev–Trinajstić information content (AvgIpc) is 3.37. The molecular formula is C18H18F2N2O2. The smallest absolute Gasteiger partial charge is 0.387 e. The first kappa shape index (κ1) is 16.2. The molecular weight excluding hydrogens is 314 g/mol. The first-order valence-corrected chi connectivity index (χ1v) is 7.73. The number of ether oxygens (including phenoxy) is 1. The van der Waals surface area contributed by atoms with Crippen LogP contribution in [0.15, 0.2) is 54.6 Å². The highest BCUT2D eigenvalue weighted by atomic mass is 19.3. The number of anilines is 1. The molecule has 0 spiro atoms. The molecule has 0 radical (unpaired) electrons. The Balaban J connectivity index is 1.51. The van der Waals surface area contributed by atoms with E-state index < -0.39 is 6.61 Å². The van der Waals surface area contributed by atoms with Crippen molar-refractivity contribution in [3.63, 3.8) is 0 Å². The Kier molecular flexibility index (Phi) is 4.64. The summed E-state index contributed by atoms with van der Waals surface area (Å²) in [6, 6.07) is 15.6. The van der Waals surface area contributed by atoms with Crippen LogP contribution < -0.4 is 15.4 Å². The molecule has 126 valence electrons. The summed E-state index contributed by atoms with van der Waals surface area (Å²) in [7, 11) is 0. The van der Waals surface area contributed by atoms with Crippen LogP contribution in [-0.2, 0) is 5.41 Å². The van der Waals surface area contributed by atoms with E-state index in [0.29, 0.717) is 12.2 Å². The summed E-state index contributed by atoms with van der Waals surface area (Å²) in [4.78, 5) is 12.0. The monoisotopic (exact) mass is 332 g/mol. The fourth-order valence-corrected chi connectivity index (χ4v) is 2.65. The number of carbonyl (C=O) groups is 1. The standard InChI is InChI=1S/C18H18F2N2O2/c19-16(20)24-15-8-6-14(7-9-15)22-17(23)21-12-18(10-11-18)13-4-2-1-3-5-13/h1-9,16H,10-12H2,(H2,21,22,23). The molecule has 0 bridgehead atoms. The van der Waals surface area contributed by atoms with Gasteiger partial charge < -0.3 is 15.4 Å². The normalized spacial score (nSPS) is 15.0. The number of benzene rings is 2. The van der Waals surface area contributed by atoms with Crippen LogP contribution in [0.1, 0.15) is 18.4 Å². The molecule has 0 saturated heterocycles. The van der Waals surface area contributed by atoms with E-state index in [1.54, 1.807) is 0 Å². The maximum absolute atomic E-state index is 12.1. The maximum atomic E-state index is 12.1. The van der Waals surface area contributed by atoms with Crippen LogP contribution in [0.5, 0.6) is 5.75 Å². The van der Waals surface area contributed by atoms with E-state index in [2.05, 4.69) is 27.5 Å². The number of carbonyl (C=O) groups excluding carboxylic acids is 1. The third kappa shape index (κ3) is 4.01. The molecule has 2 N–H and O–H groups in total. The number of hydrogen-bond donors (Lipinski definition) is 2. The molecule has 1 fully saturated rings. The van der Waals surface area contributed by atoms with Crippen molar-refractivity contribution >= 4 is 11.7 Å². The summed E-state index contributed by atoms with van der Waals surface area (Å²) in [5.74, 6) is 0.0527. The van der Waals surface area contributed by atoms with Gasteiger partial charge in [0.1, 0.15) is 5.75 Å². The van der Waals surface area contributed by atoms with Gasteiger partial charge in [-0.1, -0.05) is 30.3 Å². The van der Waals surface area contributed by atoms with Crippen molar-refractivity contribution < 1.29 is 18.3 Å². The number of amides is 2. The minimum atomic E-state index is -2.86. The lowest BCUT2D eigenvalue weighted by molar-refractivity contribution is -0.0498. The second kappa shape index (κ2) is 6.86. The maximum Gasteiger partial charge on any atom is 0.387 e. The number of hydrogen-bond acceptors (Lipinski definition) is 2. The van der Waals surface area contributed by atoms with Crippen LogP contribution >= 0.6 is 0 Å². The molecule has 1 saturated carbocycles. The molecule has 24 heavy (non-hydrogen) atoms. The van der Waals surface area contributed by atoms with Gasteiger partial charge >= 0.3 is 12.6 Å². The fraction of sp³-hybridized carbons (Fsp3) is 0.278. The number of urea groups is 1. The second-order valence-electron chi connectivity index (χ2n) is 5.86. The van der Waals surface area contributed by atoms with Gasteiger partial charge in [0.15, 0.2) is 0 Å². The molecule has 6 heteroatoms. The molecule has 0 aliphatic heterocycles. The predicted molar refractivity (Wildman–Crippen MR) is 87.4 cm³/mol. The van der Waals surface area contributed by atoms with Crippen LogP contribution in [0.3, 0.4) is 0 Å². The molecule has 4 nitrogen and oxygen atoms in total. The van der Waals surface area contributed by atoms with Gasteiger partial charge in [-0.25, -0.2) is 4.79 Å². The molecule has 0 heterocycles. The van der Waals surface area contributed by atoms with Crippen LogP contribution in [0.2, 0.25) is 0 Å². The molecule has 1 aliphatic rings. The average molecular weight is 332 g/mol. The fourth-order valence-electron chi connectivity index (χ4n) is 2.65. The number of nitrogens with one attached hydrogen (secondary N) is 2. The van der Waals surface area contributed by atoms with Crippen LogP contribution in [0.4, 0.5) is 19.3 Å². The topological polar surface area (TPSA) is 50.4 Å². The van der Waals surface area contributed by atoms with E-state index in [4.69, 9.17) is 0 Å². The van der Waals surface area contributed by atoms with Crippen LogP contribution in [0.25, 0.3) is 0 Å². The highest BCUT2D eigenvalue weighted by Crippen LogP contribution is 2.47. The molecule has 3 rings (SSSR count). The largest absolute Gasteiger partial charge is 0.435 e. The summed E-state index contributed by atoms with van der Waals surface area (Å²) in [5.41, 5.74) is 1.78. The summed E-state index contributed by atoms with van der Waals surface area (Å²) >= 11 is 0. The predicted octanol–water partition coefficient (Wildman–Crippen LogP) is 4.14. The third-order valence-corrected chi connectivity index (χ3v) is 4.16. The zero-order valence-corrected chi connectivity index (χ0v) is 13.0. The lowest BCUT2D eigenvalue weighted by Crippen LogP contribution is -2.35. The summed E-state index contributed by atoms with van der Waals surface area (Å²) in [5, 5.41) is 5.56. The lowest BCUT2D eigenvalue weighted by atomic mass is 9.96. The Morgan fingerprint density at radius 2 is 1.75 bits per heavy atom. The summed E-state index contributed by atoms with van der Waals surface area (Å²) in [6.45, 7) is -2.30. The van der Waals surface area contributed by atoms with Crippen LogP contribution in [0, 0.1) is 0 Å². The van der Waals surface area contributed by atoms with Crippen molar-refractivity contribution in [2.45, 2.75) is 24.9 Å². The van der Waals surface area contributed by atoms with Gasteiger partial charge in [0.05, 0.1) is 0 Å². The van der Waals surface area contributed by atoms with Crippen molar-refractivity contribution in [1.29, 1.82) is 0 Å². The number of halogens is 2. The van der Waals surface area contributed by atoms with E-state index in [0.717, 1.165) is 12.8 Å². The highest BCUT2D eigenvalue weighted by molar-refractivity contribution is 5.89. The molecule has 0 aromatic heterocycles. The van der Waals surface area contributed by atoms with Crippen molar-refractivity contribution in [3.8, 4) is 5.75 Å². The zero-order valence-electron chi connectivity index (χ0n) is 13.0. The van der Waals surface area contributed by atoms with E-state index in [1.165, 1.54) is 29.8 Å². The molecule has 2 aromatic rings. The number of rotatable bonds is 6. The first-order chi connectivity index (χ1) is 11.6. The molecule has 2 aromatic carbocycles.